The molecule has 0 bridgehead atoms. The Morgan fingerprint density at radius 1 is 1.24 bits per heavy atom. The summed E-state index contributed by atoms with van der Waals surface area (Å²) in [6, 6.07) is 10.2. The Kier molecular flexibility index (Phi) is 6.54. The molecule has 112 valence electrons. The monoisotopic (exact) mass is 343 g/mol. The summed E-state index contributed by atoms with van der Waals surface area (Å²) in [5, 5.41) is 2.86. The molecule has 0 saturated carbocycles. The molecule has 0 atom stereocenters. The van der Waals surface area contributed by atoms with Gasteiger partial charge in [0.15, 0.2) is 0 Å². The summed E-state index contributed by atoms with van der Waals surface area (Å²) in [7, 11) is 0. The SMILES string of the molecule is O=C(CSCc1ccc(Cl)s1)NCCc1ccc(F)cc1. The minimum Gasteiger partial charge on any atom is -0.355 e. The lowest BCUT2D eigenvalue weighted by Gasteiger charge is -2.05. The maximum atomic E-state index is 12.7. The number of rotatable bonds is 7. The van der Waals surface area contributed by atoms with E-state index < -0.39 is 0 Å². The topological polar surface area (TPSA) is 29.1 Å². The number of thioether (sulfide) groups is 1. The van der Waals surface area contributed by atoms with Crippen molar-refractivity contribution >= 4 is 40.6 Å². The molecule has 0 saturated heterocycles. The molecule has 1 aromatic carbocycles. The van der Waals surface area contributed by atoms with Crippen LogP contribution in [0.3, 0.4) is 0 Å². The van der Waals surface area contributed by atoms with Gasteiger partial charge in [0.2, 0.25) is 5.91 Å². The second-order valence-electron chi connectivity index (χ2n) is 4.43. The second kappa shape index (κ2) is 8.41. The van der Waals surface area contributed by atoms with Crippen molar-refractivity contribution < 1.29 is 9.18 Å². The molecule has 0 fully saturated rings. The Morgan fingerprint density at radius 3 is 2.67 bits per heavy atom. The van der Waals surface area contributed by atoms with Crippen molar-refractivity contribution in [3.05, 3.63) is 57.0 Å². The van der Waals surface area contributed by atoms with E-state index in [9.17, 15) is 9.18 Å². The van der Waals surface area contributed by atoms with Gasteiger partial charge in [-0.05, 0) is 36.2 Å². The third-order valence-electron chi connectivity index (χ3n) is 2.76. The van der Waals surface area contributed by atoms with Gasteiger partial charge in [0.1, 0.15) is 5.82 Å². The van der Waals surface area contributed by atoms with Gasteiger partial charge in [-0.2, -0.15) is 0 Å². The third-order valence-corrected chi connectivity index (χ3v) is 5.15. The Bertz CT molecular complexity index is 586. The highest BCUT2D eigenvalue weighted by Crippen LogP contribution is 2.24. The predicted molar refractivity (Wildman–Crippen MR) is 88.6 cm³/mol. The fraction of sp³-hybridized carbons (Fsp3) is 0.267. The zero-order chi connectivity index (χ0) is 15.1. The van der Waals surface area contributed by atoms with E-state index in [4.69, 9.17) is 11.6 Å². The average molecular weight is 344 g/mol. The number of hydrogen-bond acceptors (Lipinski definition) is 3. The van der Waals surface area contributed by atoms with Gasteiger partial charge in [0, 0.05) is 17.2 Å². The molecule has 0 radical (unpaired) electrons. The molecule has 6 heteroatoms. The van der Waals surface area contributed by atoms with E-state index in [1.165, 1.54) is 28.3 Å². The normalized spacial score (nSPS) is 10.6. The standard InChI is InChI=1S/C15H15ClFNOS2/c16-14-6-5-13(21-14)9-20-10-15(19)18-8-7-11-1-3-12(17)4-2-11/h1-6H,7-10H2,(H,18,19). The van der Waals surface area contributed by atoms with Crippen molar-refractivity contribution in [2.75, 3.05) is 12.3 Å². The molecule has 2 aromatic rings. The highest BCUT2D eigenvalue weighted by atomic mass is 35.5. The molecule has 2 rings (SSSR count). The first-order valence-electron chi connectivity index (χ1n) is 6.46. The van der Waals surface area contributed by atoms with Crippen molar-refractivity contribution in [1.82, 2.24) is 5.32 Å². The van der Waals surface area contributed by atoms with Crippen LogP contribution in [-0.4, -0.2) is 18.2 Å². The molecule has 1 N–H and O–H groups in total. The lowest BCUT2D eigenvalue weighted by atomic mass is 10.1. The highest BCUT2D eigenvalue weighted by molar-refractivity contribution is 7.99. The molecule has 0 unspecified atom stereocenters. The van der Waals surface area contributed by atoms with Crippen LogP contribution in [0.5, 0.6) is 0 Å². The van der Waals surface area contributed by atoms with Gasteiger partial charge in [-0.3, -0.25) is 4.79 Å². The first-order chi connectivity index (χ1) is 10.1. The van der Waals surface area contributed by atoms with E-state index in [1.807, 2.05) is 12.1 Å². The summed E-state index contributed by atoms with van der Waals surface area (Å²) in [6.45, 7) is 0.565. The summed E-state index contributed by atoms with van der Waals surface area (Å²) >= 11 is 8.95. The summed E-state index contributed by atoms with van der Waals surface area (Å²) in [6.07, 6.45) is 0.706. The van der Waals surface area contributed by atoms with E-state index >= 15 is 0 Å². The van der Waals surface area contributed by atoms with Crippen LogP contribution in [-0.2, 0) is 17.0 Å². The van der Waals surface area contributed by atoms with Gasteiger partial charge in [-0.1, -0.05) is 23.7 Å². The molecule has 1 heterocycles. The van der Waals surface area contributed by atoms with Crippen LogP contribution in [0.4, 0.5) is 4.39 Å². The lowest BCUT2D eigenvalue weighted by Crippen LogP contribution is -2.27. The molecule has 1 aromatic heterocycles. The molecule has 21 heavy (non-hydrogen) atoms. The molecule has 0 aliphatic carbocycles. The van der Waals surface area contributed by atoms with E-state index in [2.05, 4.69) is 5.32 Å². The Morgan fingerprint density at radius 2 is 2.00 bits per heavy atom. The Balaban J connectivity index is 1.60. The summed E-state index contributed by atoms with van der Waals surface area (Å²) < 4.78 is 13.5. The fourth-order valence-electron chi connectivity index (χ4n) is 1.72. The molecule has 0 aliphatic rings. The van der Waals surface area contributed by atoms with Crippen LogP contribution >= 0.6 is 34.7 Å². The smallest absolute Gasteiger partial charge is 0.230 e. The van der Waals surface area contributed by atoms with Crippen molar-refractivity contribution in [1.29, 1.82) is 0 Å². The van der Waals surface area contributed by atoms with Crippen LogP contribution in [0.2, 0.25) is 4.34 Å². The van der Waals surface area contributed by atoms with E-state index in [-0.39, 0.29) is 11.7 Å². The maximum Gasteiger partial charge on any atom is 0.230 e. The number of nitrogens with one attached hydrogen (secondary N) is 1. The maximum absolute atomic E-state index is 12.7. The molecule has 1 amide bonds. The predicted octanol–water partition coefficient (Wildman–Crippen LogP) is 4.13. The van der Waals surface area contributed by atoms with Gasteiger partial charge in [0.25, 0.3) is 0 Å². The third kappa shape index (κ3) is 6.08. The highest BCUT2D eigenvalue weighted by Gasteiger charge is 2.03. The van der Waals surface area contributed by atoms with Crippen LogP contribution in [0.15, 0.2) is 36.4 Å². The van der Waals surface area contributed by atoms with Crippen LogP contribution < -0.4 is 5.32 Å². The summed E-state index contributed by atoms with van der Waals surface area (Å²) in [5.74, 6) is 0.999. The van der Waals surface area contributed by atoms with Crippen molar-refractivity contribution in [3.63, 3.8) is 0 Å². The van der Waals surface area contributed by atoms with Crippen molar-refractivity contribution in [2.24, 2.45) is 0 Å². The number of halogens is 2. The average Bonchev–Trinajstić information content (AvgIpc) is 2.87. The molecular formula is C15H15ClFNOS2. The molecular weight excluding hydrogens is 329 g/mol. The molecule has 0 aliphatic heterocycles. The zero-order valence-electron chi connectivity index (χ0n) is 11.3. The van der Waals surface area contributed by atoms with Crippen molar-refractivity contribution in [3.8, 4) is 0 Å². The van der Waals surface area contributed by atoms with Gasteiger partial charge in [-0.15, -0.1) is 23.1 Å². The first-order valence-corrected chi connectivity index (χ1v) is 8.81. The largest absolute Gasteiger partial charge is 0.355 e. The molecule has 0 spiro atoms. The van der Waals surface area contributed by atoms with E-state index in [0.29, 0.717) is 18.7 Å². The second-order valence-corrected chi connectivity index (χ2v) is 7.21. The quantitative estimate of drug-likeness (QED) is 0.818. The van der Waals surface area contributed by atoms with E-state index in [1.54, 1.807) is 23.9 Å². The zero-order valence-corrected chi connectivity index (χ0v) is 13.7. The van der Waals surface area contributed by atoms with Gasteiger partial charge in [0.05, 0.1) is 10.1 Å². The minimum atomic E-state index is -0.243. The van der Waals surface area contributed by atoms with Gasteiger partial charge in [-0.25, -0.2) is 4.39 Å². The Hall–Kier alpha value is -1.04. The number of amides is 1. The number of carbonyl (C=O) groups is 1. The summed E-state index contributed by atoms with van der Waals surface area (Å²) in [5.41, 5.74) is 1.01. The van der Waals surface area contributed by atoms with Crippen LogP contribution in [0, 0.1) is 5.82 Å². The van der Waals surface area contributed by atoms with Crippen molar-refractivity contribution in [2.45, 2.75) is 12.2 Å². The van der Waals surface area contributed by atoms with Crippen LogP contribution in [0.25, 0.3) is 0 Å². The fourth-order valence-corrected chi connectivity index (χ4v) is 3.78. The summed E-state index contributed by atoms with van der Waals surface area (Å²) in [4.78, 5) is 12.8. The number of hydrogen-bond donors (Lipinski definition) is 1. The number of benzene rings is 1. The molecule has 2 nitrogen and oxygen atoms in total. The van der Waals surface area contributed by atoms with Gasteiger partial charge < -0.3 is 5.32 Å². The number of carbonyl (C=O) groups excluding carboxylic acids is 1. The van der Waals surface area contributed by atoms with E-state index in [0.717, 1.165) is 15.7 Å². The van der Waals surface area contributed by atoms with Crippen LogP contribution in [0.1, 0.15) is 10.4 Å². The van der Waals surface area contributed by atoms with Gasteiger partial charge >= 0.3 is 0 Å². The minimum absolute atomic E-state index is 0.0183. The number of thiophene rings is 1. The first kappa shape index (κ1) is 16.3. The Labute approximate surface area is 136 Å². The lowest BCUT2D eigenvalue weighted by molar-refractivity contribution is -0.118.